The van der Waals surface area contributed by atoms with Crippen LogP contribution in [0.15, 0.2) is 186 Å². The third-order valence-corrected chi connectivity index (χ3v) is 11.2. The topological polar surface area (TPSA) is 56.7 Å². The predicted molar refractivity (Wildman–Crippen MR) is 229 cm³/mol. The molecule has 0 radical (unpaired) electrons. The van der Waals surface area contributed by atoms with Crippen LogP contribution in [0.1, 0.15) is 0 Å². The van der Waals surface area contributed by atoms with E-state index in [2.05, 4.69) is 168 Å². The first-order valence-corrected chi connectivity index (χ1v) is 18.9. The first kappa shape index (κ1) is 30.8. The van der Waals surface area contributed by atoms with Crippen molar-refractivity contribution in [2.75, 3.05) is 0 Å². The molecule has 0 spiro atoms. The lowest BCUT2D eigenvalue weighted by molar-refractivity contribution is 0.669. The number of rotatable bonds is 5. The van der Waals surface area contributed by atoms with E-state index < -0.39 is 0 Å². The number of aromatic nitrogens is 4. The van der Waals surface area contributed by atoms with Crippen molar-refractivity contribution in [3.05, 3.63) is 182 Å². The molecule has 9 aromatic carbocycles. The minimum atomic E-state index is 0.551. The Bertz CT molecular complexity index is 3360. The van der Waals surface area contributed by atoms with Crippen LogP contribution in [0.25, 0.3) is 116 Å². The molecule has 0 amide bonds. The van der Waals surface area contributed by atoms with Gasteiger partial charge in [-0.25, -0.2) is 4.98 Å². The molecule has 0 atom stereocenters. The Labute approximate surface area is 321 Å². The fourth-order valence-electron chi connectivity index (χ4n) is 8.63. The normalized spacial score (nSPS) is 11.9. The molecule has 0 saturated heterocycles. The highest BCUT2D eigenvalue weighted by molar-refractivity contribution is 6.33. The van der Waals surface area contributed by atoms with Crippen LogP contribution in [0.3, 0.4) is 0 Å². The average Bonchev–Trinajstić information content (AvgIpc) is 3.82. The van der Waals surface area contributed by atoms with Crippen molar-refractivity contribution in [3.8, 4) is 51.0 Å². The van der Waals surface area contributed by atoms with Crippen molar-refractivity contribution >= 4 is 65.3 Å². The van der Waals surface area contributed by atoms with E-state index in [1.807, 2.05) is 18.2 Å². The van der Waals surface area contributed by atoms with Gasteiger partial charge in [-0.1, -0.05) is 140 Å². The summed E-state index contributed by atoms with van der Waals surface area (Å²) in [6, 6.07) is 63.9. The second kappa shape index (κ2) is 11.9. The first-order valence-electron chi connectivity index (χ1n) is 18.9. The maximum atomic E-state index is 6.60. The standard InChI is InChI=1S/C51H30N4O/c1-4-13-31(14-5-1)34-23-25-43-40(27-34)41-28-35(32-15-6-2-7-16-32)24-26-44(41)55(43)51-53-49(33-17-8-3-9-18-33)52-50(54-51)36-29-42-38-20-11-10-19-37(38)39-21-12-22-45-47(39)48(42)46(30-36)56-45/h1-30H. The molecule has 5 nitrogen and oxygen atoms in total. The number of hydrogen-bond acceptors (Lipinski definition) is 4. The van der Waals surface area contributed by atoms with Crippen LogP contribution >= 0.6 is 0 Å². The van der Waals surface area contributed by atoms with Crippen molar-refractivity contribution < 1.29 is 4.42 Å². The highest BCUT2D eigenvalue weighted by Gasteiger charge is 2.22. The van der Waals surface area contributed by atoms with Gasteiger partial charge in [0.05, 0.1) is 11.0 Å². The molecular weight excluding hydrogens is 685 g/mol. The molecule has 12 rings (SSSR count). The van der Waals surface area contributed by atoms with Gasteiger partial charge in [-0.05, 0) is 86.3 Å². The first-order chi connectivity index (χ1) is 27.7. The van der Waals surface area contributed by atoms with Gasteiger partial charge >= 0.3 is 0 Å². The Hall–Kier alpha value is -7.63. The van der Waals surface area contributed by atoms with E-state index in [0.717, 1.165) is 71.4 Å². The van der Waals surface area contributed by atoms with Crippen molar-refractivity contribution in [3.63, 3.8) is 0 Å². The average molecular weight is 715 g/mol. The van der Waals surface area contributed by atoms with Gasteiger partial charge in [0.2, 0.25) is 5.95 Å². The Kier molecular flexibility index (Phi) is 6.56. The van der Waals surface area contributed by atoms with Crippen LogP contribution in [-0.2, 0) is 0 Å². The van der Waals surface area contributed by atoms with Crippen molar-refractivity contribution in [1.29, 1.82) is 0 Å². The van der Waals surface area contributed by atoms with E-state index in [1.54, 1.807) is 0 Å². The van der Waals surface area contributed by atoms with E-state index in [-0.39, 0.29) is 0 Å². The number of fused-ring (bicyclic) bond motifs is 6. The zero-order valence-electron chi connectivity index (χ0n) is 30.0. The van der Waals surface area contributed by atoms with Gasteiger partial charge in [0.15, 0.2) is 11.6 Å². The zero-order chi connectivity index (χ0) is 36.7. The molecule has 0 aliphatic carbocycles. The van der Waals surface area contributed by atoms with Gasteiger partial charge in [0.25, 0.3) is 0 Å². The maximum Gasteiger partial charge on any atom is 0.238 e. The van der Waals surface area contributed by atoms with Crippen LogP contribution in [0.5, 0.6) is 0 Å². The van der Waals surface area contributed by atoms with Gasteiger partial charge in [-0.3, -0.25) is 4.57 Å². The lowest BCUT2D eigenvalue weighted by atomic mass is 9.93. The summed E-state index contributed by atoms with van der Waals surface area (Å²) in [5.41, 5.74) is 10.2. The molecule has 0 aliphatic rings. The summed E-state index contributed by atoms with van der Waals surface area (Å²) < 4.78 is 8.79. The minimum Gasteiger partial charge on any atom is -0.456 e. The largest absolute Gasteiger partial charge is 0.456 e. The van der Waals surface area contributed by atoms with Gasteiger partial charge < -0.3 is 4.42 Å². The SMILES string of the molecule is c1ccc(-c2ccc3c(c2)c2cc(-c4ccccc4)ccc2n3-c2nc(-c3ccccc3)nc(-c3cc4oc5cccc6c7ccccc7c(c3)c4c56)n2)cc1. The summed E-state index contributed by atoms with van der Waals surface area (Å²) in [5, 5.41) is 9.22. The lowest BCUT2D eigenvalue weighted by Crippen LogP contribution is -2.06. The van der Waals surface area contributed by atoms with E-state index in [4.69, 9.17) is 19.4 Å². The molecule has 0 saturated carbocycles. The smallest absolute Gasteiger partial charge is 0.238 e. The monoisotopic (exact) mass is 714 g/mol. The van der Waals surface area contributed by atoms with Crippen LogP contribution in [0, 0.1) is 0 Å². The van der Waals surface area contributed by atoms with E-state index in [9.17, 15) is 0 Å². The number of benzene rings is 9. The zero-order valence-corrected chi connectivity index (χ0v) is 30.0. The third kappa shape index (κ3) is 4.64. The summed E-state index contributed by atoms with van der Waals surface area (Å²) in [6.07, 6.45) is 0. The molecule has 12 aromatic rings. The van der Waals surface area contributed by atoms with Gasteiger partial charge in [-0.15, -0.1) is 0 Å². The Morgan fingerprint density at radius 2 is 0.821 bits per heavy atom. The highest BCUT2D eigenvalue weighted by Crippen LogP contribution is 2.44. The van der Waals surface area contributed by atoms with Crippen molar-refractivity contribution in [1.82, 2.24) is 19.5 Å². The molecule has 5 heteroatoms. The Morgan fingerprint density at radius 3 is 1.45 bits per heavy atom. The fraction of sp³-hybridized carbons (Fsp3) is 0. The van der Waals surface area contributed by atoms with E-state index in [0.29, 0.717) is 17.6 Å². The number of nitrogens with zero attached hydrogens (tertiary/aromatic N) is 4. The molecule has 3 heterocycles. The second-order valence-corrected chi connectivity index (χ2v) is 14.4. The molecule has 260 valence electrons. The van der Waals surface area contributed by atoms with Crippen LogP contribution in [0.2, 0.25) is 0 Å². The van der Waals surface area contributed by atoms with Crippen LogP contribution < -0.4 is 0 Å². The summed E-state index contributed by atoms with van der Waals surface area (Å²) in [7, 11) is 0. The van der Waals surface area contributed by atoms with Gasteiger partial charge in [0.1, 0.15) is 11.2 Å². The summed E-state index contributed by atoms with van der Waals surface area (Å²) >= 11 is 0. The molecule has 0 fully saturated rings. The van der Waals surface area contributed by atoms with Crippen LogP contribution in [0.4, 0.5) is 0 Å². The van der Waals surface area contributed by atoms with Gasteiger partial charge in [0, 0.05) is 32.7 Å². The summed E-state index contributed by atoms with van der Waals surface area (Å²) in [4.78, 5) is 15.8. The minimum absolute atomic E-state index is 0.551. The van der Waals surface area contributed by atoms with Crippen molar-refractivity contribution in [2.24, 2.45) is 0 Å². The fourth-order valence-corrected chi connectivity index (χ4v) is 8.63. The molecule has 0 aliphatic heterocycles. The molecule has 0 bridgehead atoms. The van der Waals surface area contributed by atoms with E-state index >= 15 is 0 Å². The highest BCUT2D eigenvalue weighted by atomic mass is 16.3. The Morgan fingerprint density at radius 1 is 0.321 bits per heavy atom. The number of furan rings is 1. The number of hydrogen-bond donors (Lipinski definition) is 0. The van der Waals surface area contributed by atoms with Crippen molar-refractivity contribution in [2.45, 2.75) is 0 Å². The lowest BCUT2D eigenvalue weighted by Gasteiger charge is -2.12. The molecular formula is C51H30N4O. The third-order valence-electron chi connectivity index (χ3n) is 11.2. The quantitative estimate of drug-likeness (QED) is 0.167. The molecule has 56 heavy (non-hydrogen) atoms. The molecule has 3 aromatic heterocycles. The predicted octanol–water partition coefficient (Wildman–Crippen LogP) is 13.3. The summed E-state index contributed by atoms with van der Waals surface area (Å²) in [5.74, 6) is 1.73. The van der Waals surface area contributed by atoms with Gasteiger partial charge in [-0.2, -0.15) is 9.97 Å². The molecule has 0 unspecified atom stereocenters. The Balaban J connectivity index is 1.15. The van der Waals surface area contributed by atoms with Crippen LogP contribution in [-0.4, -0.2) is 19.5 Å². The summed E-state index contributed by atoms with van der Waals surface area (Å²) in [6.45, 7) is 0. The van der Waals surface area contributed by atoms with E-state index in [1.165, 1.54) is 27.3 Å². The second-order valence-electron chi connectivity index (χ2n) is 14.4. The maximum absolute atomic E-state index is 6.60. The molecule has 0 N–H and O–H groups in total.